The van der Waals surface area contributed by atoms with Gasteiger partial charge in [0.1, 0.15) is 0 Å². The van der Waals surface area contributed by atoms with Crippen LogP contribution in [0.5, 0.6) is 0 Å². The molecule has 0 spiro atoms. The number of nitrogens with zero attached hydrogens (tertiary/aromatic N) is 1. The van der Waals surface area contributed by atoms with Gasteiger partial charge in [-0.15, -0.1) is 0 Å². The number of anilines is 1. The van der Waals surface area contributed by atoms with Crippen molar-refractivity contribution in [1.82, 2.24) is 15.3 Å². The lowest BCUT2D eigenvalue weighted by molar-refractivity contribution is -0.00724. The molecule has 1 heterocycles. The molecule has 2 amide bonds. The second-order valence-electron chi connectivity index (χ2n) is 7.38. The van der Waals surface area contributed by atoms with Gasteiger partial charge >= 0.3 is 6.03 Å². The van der Waals surface area contributed by atoms with Crippen molar-refractivity contribution < 1.29 is 4.79 Å². The van der Waals surface area contributed by atoms with Crippen molar-refractivity contribution in [3.63, 3.8) is 0 Å². The Balaban J connectivity index is 1.70. The van der Waals surface area contributed by atoms with Crippen molar-refractivity contribution in [1.29, 1.82) is 0 Å². The van der Waals surface area contributed by atoms with Gasteiger partial charge in [-0.25, -0.2) is 9.78 Å². The van der Waals surface area contributed by atoms with Crippen LogP contribution in [0.1, 0.15) is 44.2 Å². The Morgan fingerprint density at radius 3 is 2.36 bits per heavy atom. The third kappa shape index (κ3) is 2.21. The van der Waals surface area contributed by atoms with Crippen molar-refractivity contribution in [3.8, 4) is 0 Å². The summed E-state index contributed by atoms with van der Waals surface area (Å²) in [6, 6.07) is 1.27. The average molecular weight is 302 g/mol. The molecule has 0 radical (unpaired) electrons. The third-order valence-electron chi connectivity index (χ3n) is 5.78. The smallest absolute Gasteiger partial charge is 0.321 e. The fraction of sp³-hybridized carbons (Fsp3) is 0.688. The molecule has 0 atom stereocenters. The maximum Gasteiger partial charge on any atom is 0.321 e. The van der Waals surface area contributed by atoms with Crippen LogP contribution in [-0.2, 0) is 5.41 Å². The number of urea groups is 1. The van der Waals surface area contributed by atoms with Crippen molar-refractivity contribution in [2.75, 3.05) is 12.4 Å². The number of nitrogens with one attached hydrogen (secondary N) is 3. The van der Waals surface area contributed by atoms with E-state index in [2.05, 4.69) is 20.6 Å². The highest BCUT2D eigenvalue weighted by molar-refractivity contribution is 5.86. The summed E-state index contributed by atoms with van der Waals surface area (Å²) in [4.78, 5) is 30.7. The molecule has 4 aliphatic rings. The summed E-state index contributed by atoms with van der Waals surface area (Å²) in [6.07, 6.45) is 7.50. The Labute approximate surface area is 129 Å². The SMILES string of the molecule is CNC(=O)Nc1nc(C23CC4CC(CC(C4)C2)C3)cc(=O)[nH]1. The molecule has 3 N–H and O–H groups in total. The van der Waals surface area contributed by atoms with Gasteiger partial charge in [-0.3, -0.25) is 15.1 Å². The highest BCUT2D eigenvalue weighted by Crippen LogP contribution is 2.60. The van der Waals surface area contributed by atoms with Crippen molar-refractivity contribution in [2.45, 2.75) is 43.9 Å². The van der Waals surface area contributed by atoms with Crippen molar-refractivity contribution in [3.05, 3.63) is 22.1 Å². The van der Waals surface area contributed by atoms with Gasteiger partial charge in [-0.1, -0.05) is 0 Å². The number of amides is 2. The first-order chi connectivity index (χ1) is 10.6. The Morgan fingerprint density at radius 2 is 1.82 bits per heavy atom. The van der Waals surface area contributed by atoms with Crippen LogP contribution in [0.4, 0.5) is 10.7 Å². The normalized spacial score (nSPS) is 35.4. The summed E-state index contributed by atoms with van der Waals surface area (Å²) in [5.74, 6) is 2.63. The molecular weight excluding hydrogens is 280 g/mol. The molecular formula is C16H22N4O2. The molecule has 0 aliphatic heterocycles. The summed E-state index contributed by atoms with van der Waals surface area (Å²) < 4.78 is 0. The number of aromatic amines is 1. The Hall–Kier alpha value is -1.85. The standard InChI is InChI=1S/C16H22N4O2/c1-17-15(22)20-14-18-12(5-13(21)19-14)16-6-9-2-10(7-16)4-11(3-9)8-16/h5,9-11H,2-4,6-8H2,1H3,(H3,17,18,19,20,21,22). The first kappa shape index (κ1) is 13.8. The van der Waals surface area contributed by atoms with E-state index in [-0.39, 0.29) is 23.0 Å². The maximum absolute atomic E-state index is 12.0. The lowest BCUT2D eigenvalue weighted by Gasteiger charge is -2.56. The summed E-state index contributed by atoms with van der Waals surface area (Å²) in [6.45, 7) is 0. The van der Waals surface area contributed by atoms with Gasteiger partial charge in [-0.05, 0) is 56.3 Å². The zero-order valence-electron chi connectivity index (χ0n) is 12.8. The molecule has 4 bridgehead atoms. The van der Waals surface area contributed by atoms with E-state index in [0.29, 0.717) is 0 Å². The molecule has 4 fully saturated rings. The summed E-state index contributed by atoms with van der Waals surface area (Å²) >= 11 is 0. The molecule has 6 nitrogen and oxygen atoms in total. The van der Waals surface area contributed by atoms with Crippen LogP contribution in [-0.4, -0.2) is 23.0 Å². The zero-order valence-corrected chi connectivity index (χ0v) is 12.8. The second kappa shape index (κ2) is 4.83. The van der Waals surface area contributed by atoms with E-state index in [1.54, 1.807) is 6.07 Å². The Morgan fingerprint density at radius 1 is 1.23 bits per heavy atom. The van der Waals surface area contributed by atoms with E-state index in [4.69, 9.17) is 0 Å². The summed E-state index contributed by atoms with van der Waals surface area (Å²) in [7, 11) is 1.54. The molecule has 6 heteroatoms. The summed E-state index contributed by atoms with van der Waals surface area (Å²) in [5, 5.41) is 5.06. The van der Waals surface area contributed by atoms with Gasteiger partial charge in [0, 0.05) is 18.5 Å². The third-order valence-corrected chi connectivity index (χ3v) is 5.78. The largest absolute Gasteiger partial charge is 0.341 e. The number of rotatable bonds is 2. The van der Waals surface area contributed by atoms with Gasteiger partial charge in [0.2, 0.25) is 5.95 Å². The number of carbonyl (C=O) groups excluding carboxylic acids is 1. The number of aromatic nitrogens is 2. The van der Waals surface area contributed by atoms with Crippen molar-refractivity contribution in [2.24, 2.45) is 17.8 Å². The van der Waals surface area contributed by atoms with Crippen LogP contribution >= 0.6 is 0 Å². The quantitative estimate of drug-likeness (QED) is 0.781. The molecule has 1 aromatic rings. The number of carbonyl (C=O) groups is 1. The molecule has 4 aliphatic carbocycles. The van der Waals surface area contributed by atoms with Gasteiger partial charge < -0.3 is 5.32 Å². The molecule has 4 saturated carbocycles. The molecule has 0 unspecified atom stereocenters. The van der Waals surface area contributed by atoms with Gasteiger partial charge in [0.15, 0.2) is 0 Å². The molecule has 5 rings (SSSR count). The van der Waals surface area contributed by atoms with E-state index in [1.165, 1.54) is 26.3 Å². The fourth-order valence-electron chi connectivity index (χ4n) is 5.38. The van der Waals surface area contributed by atoms with Crippen LogP contribution in [0, 0.1) is 17.8 Å². The second-order valence-corrected chi connectivity index (χ2v) is 7.38. The van der Waals surface area contributed by atoms with E-state index >= 15 is 0 Å². The van der Waals surface area contributed by atoms with Crippen LogP contribution < -0.4 is 16.2 Å². The molecule has 22 heavy (non-hydrogen) atoms. The average Bonchev–Trinajstić information content (AvgIpc) is 2.45. The lowest BCUT2D eigenvalue weighted by atomic mass is 9.49. The number of H-pyrrole nitrogens is 1. The highest BCUT2D eigenvalue weighted by Gasteiger charge is 2.52. The molecule has 1 aromatic heterocycles. The first-order valence-electron chi connectivity index (χ1n) is 8.17. The lowest BCUT2D eigenvalue weighted by Crippen LogP contribution is -2.49. The molecule has 118 valence electrons. The minimum Gasteiger partial charge on any atom is -0.341 e. The monoisotopic (exact) mass is 302 g/mol. The molecule has 0 aromatic carbocycles. The van der Waals surface area contributed by atoms with Gasteiger partial charge in [0.05, 0.1) is 5.69 Å². The molecule has 0 saturated heterocycles. The minimum atomic E-state index is -0.370. The van der Waals surface area contributed by atoms with Crippen LogP contribution in [0.15, 0.2) is 10.9 Å². The number of hydrogen-bond donors (Lipinski definition) is 3. The Kier molecular flexibility index (Phi) is 3.03. The van der Waals surface area contributed by atoms with E-state index in [9.17, 15) is 9.59 Å². The van der Waals surface area contributed by atoms with E-state index < -0.39 is 0 Å². The van der Waals surface area contributed by atoms with Gasteiger partial charge in [-0.2, -0.15) is 0 Å². The number of hydrogen-bond acceptors (Lipinski definition) is 3. The predicted octanol–water partition coefficient (Wildman–Crippen LogP) is 1.99. The predicted molar refractivity (Wildman–Crippen MR) is 82.8 cm³/mol. The van der Waals surface area contributed by atoms with Crippen LogP contribution in [0.3, 0.4) is 0 Å². The fourth-order valence-corrected chi connectivity index (χ4v) is 5.38. The minimum absolute atomic E-state index is 0.0577. The Bertz CT molecular complexity index is 631. The first-order valence-corrected chi connectivity index (χ1v) is 8.17. The van der Waals surface area contributed by atoms with Crippen LogP contribution in [0.25, 0.3) is 0 Å². The summed E-state index contributed by atoms with van der Waals surface area (Å²) in [5.41, 5.74) is 0.746. The van der Waals surface area contributed by atoms with E-state index in [1.807, 2.05) is 0 Å². The van der Waals surface area contributed by atoms with Gasteiger partial charge in [0.25, 0.3) is 5.56 Å². The van der Waals surface area contributed by atoms with E-state index in [0.717, 1.165) is 42.7 Å². The zero-order chi connectivity index (χ0) is 15.3. The van der Waals surface area contributed by atoms with Crippen LogP contribution in [0.2, 0.25) is 0 Å². The topological polar surface area (TPSA) is 86.9 Å². The highest BCUT2D eigenvalue weighted by atomic mass is 16.2. The maximum atomic E-state index is 12.0. The van der Waals surface area contributed by atoms with Crippen molar-refractivity contribution >= 4 is 12.0 Å².